The molecule has 0 radical (unpaired) electrons. The molecule has 0 unspecified atom stereocenters. The summed E-state index contributed by atoms with van der Waals surface area (Å²) in [5.41, 5.74) is 8.02. The molecule has 124 valence electrons. The zero-order chi connectivity index (χ0) is 17.2. The maximum atomic E-state index is 11.9. The zero-order valence-electron chi connectivity index (χ0n) is 13.3. The molecule has 0 fully saturated rings. The first-order chi connectivity index (χ1) is 12.2. The van der Waals surface area contributed by atoms with E-state index in [1.807, 2.05) is 31.2 Å². The highest BCUT2D eigenvalue weighted by Gasteiger charge is 2.13. The van der Waals surface area contributed by atoms with Crippen molar-refractivity contribution < 1.29 is 9.21 Å². The van der Waals surface area contributed by atoms with Gasteiger partial charge >= 0.3 is 5.91 Å². The van der Waals surface area contributed by atoms with Crippen molar-refractivity contribution in [1.29, 1.82) is 0 Å². The molecular formula is C17H14N6O2. The molecule has 0 saturated carbocycles. The van der Waals surface area contributed by atoms with E-state index in [0.29, 0.717) is 16.9 Å². The predicted molar refractivity (Wildman–Crippen MR) is 91.2 cm³/mol. The maximum absolute atomic E-state index is 11.9. The monoisotopic (exact) mass is 334 g/mol. The minimum absolute atomic E-state index is 0.202. The van der Waals surface area contributed by atoms with Crippen LogP contribution in [-0.4, -0.2) is 25.7 Å². The molecule has 2 N–H and O–H groups in total. The highest BCUT2D eigenvalue weighted by molar-refractivity contribution is 5.93. The van der Waals surface area contributed by atoms with Crippen molar-refractivity contribution in [3.05, 3.63) is 66.5 Å². The maximum Gasteiger partial charge on any atom is 0.305 e. The summed E-state index contributed by atoms with van der Waals surface area (Å²) >= 11 is 0. The fourth-order valence-corrected chi connectivity index (χ4v) is 2.40. The Morgan fingerprint density at radius 3 is 2.76 bits per heavy atom. The molecule has 25 heavy (non-hydrogen) atoms. The molecule has 0 bridgehead atoms. The molecule has 1 amide bonds. The van der Waals surface area contributed by atoms with E-state index in [0.717, 1.165) is 11.3 Å². The number of furan rings is 1. The van der Waals surface area contributed by atoms with E-state index < -0.39 is 5.91 Å². The van der Waals surface area contributed by atoms with Crippen molar-refractivity contribution in [3.63, 3.8) is 0 Å². The summed E-state index contributed by atoms with van der Waals surface area (Å²) in [5.74, 6) is 0.249. The summed E-state index contributed by atoms with van der Waals surface area (Å²) in [7, 11) is 0. The van der Waals surface area contributed by atoms with Gasteiger partial charge in [0.25, 0.3) is 0 Å². The average molecular weight is 334 g/mol. The zero-order valence-corrected chi connectivity index (χ0v) is 13.3. The Morgan fingerprint density at radius 1 is 1.16 bits per heavy atom. The molecular weight excluding hydrogens is 320 g/mol. The lowest BCUT2D eigenvalue weighted by Crippen LogP contribution is -2.29. The van der Waals surface area contributed by atoms with E-state index in [1.165, 1.54) is 12.6 Å². The number of carbonyl (C=O) groups excluding carboxylic acids is 1. The lowest BCUT2D eigenvalue weighted by atomic mass is 10.2. The van der Waals surface area contributed by atoms with E-state index in [4.69, 9.17) is 4.42 Å². The van der Waals surface area contributed by atoms with Gasteiger partial charge in [0.15, 0.2) is 17.2 Å². The third kappa shape index (κ3) is 2.80. The van der Waals surface area contributed by atoms with Crippen LogP contribution < -0.4 is 10.9 Å². The lowest BCUT2D eigenvalue weighted by Gasteiger charge is -2.07. The van der Waals surface area contributed by atoms with Crippen molar-refractivity contribution in [2.45, 2.75) is 6.92 Å². The number of nitrogens with zero attached hydrogens (tertiary/aromatic N) is 4. The Balaban J connectivity index is 1.63. The second-order valence-electron chi connectivity index (χ2n) is 5.41. The number of anilines is 1. The summed E-state index contributed by atoms with van der Waals surface area (Å²) in [6.45, 7) is 2.02. The fraction of sp³-hybridized carbons (Fsp3) is 0.0588. The number of hydrazine groups is 1. The molecule has 4 aromatic rings. The number of benzene rings is 1. The van der Waals surface area contributed by atoms with E-state index in [9.17, 15) is 4.79 Å². The van der Waals surface area contributed by atoms with E-state index in [-0.39, 0.29) is 5.76 Å². The van der Waals surface area contributed by atoms with Crippen molar-refractivity contribution in [1.82, 2.24) is 25.2 Å². The predicted octanol–water partition coefficient (Wildman–Crippen LogP) is 2.47. The molecule has 8 heteroatoms. The molecule has 8 nitrogen and oxygen atoms in total. The fourth-order valence-electron chi connectivity index (χ4n) is 2.40. The summed E-state index contributed by atoms with van der Waals surface area (Å²) in [6, 6.07) is 11.2. The van der Waals surface area contributed by atoms with Gasteiger partial charge in [-0.2, -0.15) is 5.10 Å². The minimum Gasteiger partial charge on any atom is -0.459 e. The topological polar surface area (TPSA) is 97.9 Å². The van der Waals surface area contributed by atoms with Gasteiger partial charge in [-0.3, -0.25) is 15.6 Å². The molecule has 0 spiro atoms. The number of fused-ring (bicyclic) bond motifs is 1. The molecule has 0 saturated heterocycles. The van der Waals surface area contributed by atoms with Gasteiger partial charge in [-0.15, -0.1) is 0 Å². The summed E-state index contributed by atoms with van der Waals surface area (Å²) in [5, 5.41) is 5.06. The van der Waals surface area contributed by atoms with Crippen LogP contribution in [0.5, 0.6) is 0 Å². The van der Waals surface area contributed by atoms with Gasteiger partial charge in [0.1, 0.15) is 6.33 Å². The van der Waals surface area contributed by atoms with Crippen LogP contribution in [0, 0.1) is 6.92 Å². The second kappa shape index (κ2) is 6.08. The number of aryl methyl sites for hydroxylation is 1. The Labute approximate surface area is 142 Å². The molecule has 0 atom stereocenters. The largest absolute Gasteiger partial charge is 0.459 e. The number of nitrogens with one attached hydrogen (secondary N) is 2. The molecule has 0 aliphatic carbocycles. The van der Waals surface area contributed by atoms with Crippen LogP contribution >= 0.6 is 0 Å². The quantitative estimate of drug-likeness (QED) is 0.556. The Hall–Kier alpha value is -3.68. The Kier molecular flexibility index (Phi) is 3.62. The smallest absolute Gasteiger partial charge is 0.305 e. The summed E-state index contributed by atoms with van der Waals surface area (Å²) in [6.07, 6.45) is 4.50. The van der Waals surface area contributed by atoms with Crippen LogP contribution in [0.3, 0.4) is 0 Å². The lowest BCUT2D eigenvalue weighted by molar-refractivity contribution is 0.0935. The number of amides is 1. The summed E-state index contributed by atoms with van der Waals surface area (Å²) in [4.78, 5) is 20.4. The molecule has 3 aromatic heterocycles. The van der Waals surface area contributed by atoms with E-state index in [2.05, 4.69) is 25.9 Å². The highest BCUT2D eigenvalue weighted by Crippen LogP contribution is 2.21. The molecule has 4 rings (SSSR count). The van der Waals surface area contributed by atoms with Crippen LogP contribution in [0.2, 0.25) is 0 Å². The van der Waals surface area contributed by atoms with Crippen molar-refractivity contribution in [3.8, 4) is 5.69 Å². The number of hydrogen-bond donors (Lipinski definition) is 2. The molecule has 3 heterocycles. The molecule has 1 aromatic carbocycles. The van der Waals surface area contributed by atoms with Crippen molar-refractivity contribution >= 4 is 22.8 Å². The molecule has 0 aliphatic heterocycles. The average Bonchev–Trinajstić information content (AvgIpc) is 3.30. The van der Waals surface area contributed by atoms with Gasteiger partial charge in [-0.25, -0.2) is 14.6 Å². The van der Waals surface area contributed by atoms with Gasteiger partial charge < -0.3 is 4.42 Å². The first-order valence-electron chi connectivity index (χ1n) is 7.58. The number of hydrogen-bond acceptors (Lipinski definition) is 6. The van der Waals surface area contributed by atoms with Crippen LogP contribution in [0.1, 0.15) is 16.1 Å². The van der Waals surface area contributed by atoms with E-state index in [1.54, 1.807) is 23.0 Å². The Bertz CT molecular complexity index is 1020. The van der Waals surface area contributed by atoms with E-state index >= 15 is 0 Å². The second-order valence-corrected chi connectivity index (χ2v) is 5.41. The molecule has 0 aliphatic rings. The van der Waals surface area contributed by atoms with Crippen LogP contribution in [0.15, 0.2) is 59.6 Å². The van der Waals surface area contributed by atoms with Crippen molar-refractivity contribution in [2.75, 3.05) is 5.43 Å². The third-order valence-corrected chi connectivity index (χ3v) is 3.68. The SMILES string of the molecule is Cc1ccc(-n2ncc3c(NNC(=O)c4ccco4)ncnc32)cc1. The normalized spacial score (nSPS) is 10.8. The third-order valence-electron chi connectivity index (χ3n) is 3.68. The van der Waals surface area contributed by atoms with Gasteiger partial charge in [-0.05, 0) is 31.2 Å². The summed E-state index contributed by atoms with van der Waals surface area (Å²) < 4.78 is 6.76. The van der Waals surface area contributed by atoms with Crippen LogP contribution in [-0.2, 0) is 0 Å². The van der Waals surface area contributed by atoms with Crippen LogP contribution in [0.25, 0.3) is 16.7 Å². The van der Waals surface area contributed by atoms with Gasteiger partial charge in [-0.1, -0.05) is 17.7 Å². The highest BCUT2D eigenvalue weighted by atomic mass is 16.3. The number of aromatic nitrogens is 4. The first-order valence-corrected chi connectivity index (χ1v) is 7.58. The number of rotatable bonds is 4. The first kappa shape index (κ1) is 14.9. The van der Waals surface area contributed by atoms with Crippen molar-refractivity contribution in [2.24, 2.45) is 0 Å². The number of carbonyl (C=O) groups is 1. The van der Waals surface area contributed by atoms with Crippen LogP contribution in [0.4, 0.5) is 5.82 Å². The van der Waals surface area contributed by atoms with Gasteiger partial charge in [0.2, 0.25) is 0 Å². The minimum atomic E-state index is -0.400. The van der Waals surface area contributed by atoms with Gasteiger partial charge in [0.05, 0.1) is 23.5 Å². The van der Waals surface area contributed by atoms with Gasteiger partial charge in [0, 0.05) is 0 Å². The standard InChI is InChI=1S/C17H14N6O2/c1-11-4-6-12(7-5-11)23-16-13(9-20-23)15(18-10-19-16)21-22-17(24)14-3-2-8-25-14/h2-10H,1H3,(H,22,24)(H,18,19,21). The Morgan fingerprint density at radius 2 is 2.00 bits per heavy atom.